The summed E-state index contributed by atoms with van der Waals surface area (Å²) in [5.74, 6) is 0.817. The molecule has 0 amide bonds. The van der Waals surface area contributed by atoms with Crippen molar-refractivity contribution >= 4 is 27.7 Å². The highest BCUT2D eigenvalue weighted by atomic mass is 79.9. The van der Waals surface area contributed by atoms with E-state index in [0.717, 1.165) is 5.92 Å². The van der Waals surface area contributed by atoms with Crippen molar-refractivity contribution in [1.29, 1.82) is 0 Å². The Morgan fingerprint density at radius 1 is 1.44 bits per heavy atom. The standard InChI is InChI=1S/C13H18BrNS/c1-16-13-7-11(6-12(14)8-13)5-10-3-2-4-15-9-10/h6-8,10,15H,2-5,9H2,1H3. The molecule has 1 saturated heterocycles. The first-order valence-electron chi connectivity index (χ1n) is 5.82. The van der Waals surface area contributed by atoms with E-state index in [1.165, 1.54) is 47.3 Å². The van der Waals surface area contributed by atoms with Crippen molar-refractivity contribution in [3.8, 4) is 0 Å². The summed E-state index contributed by atoms with van der Waals surface area (Å²) >= 11 is 5.40. The van der Waals surface area contributed by atoms with E-state index >= 15 is 0 Å². The topological polar surface area (TPSA) is 12.0 Å². The highest BCUT2D eigenvalue weighted by Crippen LogP contribution is 2.25. The Morgan fingerprint density at radius 3 is 3.00 bits per heavy atom. The van der Waals surface area contributed by atoms with Crippen LogP contribution in [0.5, 0.6) is 0 Å². The van der Waals surface area contributed by atoms with E-state index in [4.69, 9.17) is 0 Å². The fraction of sp³-hybridized carbons (Fsp3) is 0.538. The summed E-state index contributed by atoms with van der Waals surface area (Å²) in [6.07, 6.45) is 6.04. The van der Waals surface area contributed by atoms with Crippen molar-refractivity contribution in [3.05, 3.63) is 28.2 Å². The van der Waals surface area contributed by atoms with Gasteiger partial charge in [-0.05, 0) is 68.3 Å². The number of rotatable bonds is 3. The molecular formula is C13H18BrNS. The molecule has 1 N–H and O–H groups in total. The Labute approximate surface area is 111 Å². The number of nitrogens with one attached hydrogen (secondary N) is 1. The second kappa shape index (κ2) is 6.08. The molecule has 1 unspecified atom stereocenters. The third-order valence-electron chi connectivity index (χ3n) is 3.09. The molecule has 1 aromatic rings. The minimum absolute atomic E-state index is 0.817. The average Bonchev–Trinajstić information content (AvgIpc) is 2.29. The second-order valence-electron chi connectivity index (χ2n) is 4.42. The van der Waals surface area contributed by atoms with E-state index in [0.29, 0.717) is 0 Å². The summed E-state index contributed by atoms with van der Waals surface area (Å²) < 4.78 is 1.21. The van der Waals surface area contributed by atoms with Crippen LogP contribution in [0.4, 0.5) is 0 Å². The maximum atomic E-state index is 3.59. The molecule has 1 nitrogen and oxygen atoms in total. The maximum Gasteiger partial charge on any atom is 0.0189 e. The lowest BCUT2D eigenvalue weighted by molar-refractivity contribution is 0.376. The minimum atomic E-state index is 0.817. The average molecular weight is 300 g/mol. The Bertz CT molecular complexity index is 348. The van der Waals surface area contributed by atoms with Crippen LogP contribution in [0.25, 0.3) is 0 Å². The Balaban J connectivity index is 2.04. The van der Waals surface area contributed by atoms with Gasteiger partial charge in [0.2, 0.25) is 0 Å². The van der Waals surface area contributed by atoms with Crippen molar-refractivity contribution in [2.24, 2.45) is 5.92 Å². The molecule has 0 spiro atoms. The Morgan fingerprint density at radius 2 is 2.31 bits per heavy atom. The fourth-order valence-electron chi connectivity index (χ4n) is 2.29. The SMILES string of the molecule is CSc1cc(Br)cc(CC2CCCNC2)c1. The monoisotopic (exact) mass is 299 g/mol. The van der Waals surface area contributed by atoms with Gasteiger partial charge in [0.25, 0.3) is 0 Å². The molecule has 16 heavy (non-hydrogen) atoms. The molecule has 1 atom stereocenters. The third kappa shape index (κ3) is 3.51. The molecule has 0 saturated carbocycles. The summed E-state index contributed by atoms with van der Waals surface area (Å²) in [5, 5.41) is 3.48. The van der Waals surface area contributed by atoms with Gasteiger partial charge in [0, 0.05) is 9.37 Å². The quantitative estimate of drug-likeness (QED) is 0.854. The summed E-state index contributed by atoms with van der Waals surface area (Å²) in [4.78, 5) is 1.35. The number of halogens is 1. The Hall–Kier alpha value is 0.01000. The molecule has 0 bridgehead atoms. The van der Waals surface area contributed by atoms with Crippen LogP contribution in [-0.4, -0.2) is 19.3 Å². The first-order valence-corrected chi connectivity index (χ1v) is 7.84. The summed E-state index contributed by atoms with van der Waals surface area (Å²) in [7, 11) is 0. The van der Waals surface area contributed by atoms with E-state index < -0.39 is 0 Å². The molecule has 0 radical (unpaired) electrons. The van der Waals surface area contributed by atoms with Crippen molar-refractivity contribution in [3.63, 3.8) is 0 Å². The van der Waals surface area contributed by atoms with Crippen molar-refractivity contribution in [2.45, 2.75) is 24.2 Å². The van der Waals surface area contributed by atoms with E-state index in [1.807, 2.05) is 11.8 Å². The maximum absolute atomic E-state index is 3.59. The smallest absolute Gasteiger partial charge is 0.0189 e. The first-order chi connectivity index (χ1) is 7.78. The number of piperidine rings is 1. The van der Waals surface area contributed by atoms with Crippen molar-refractivity contribution in [1.82, 2.24) is 5.32 Å². The molecule has 1 fully saturated rings. The summed E-state index contributed by atoms with van der Waals surface area (Å²) in [5.41, 5.74) is 1.47. The molecule has 1 aliphatic heterocycles. The third-order valence-corrected chi connectivity index (χ3v) is 4.26. The summed E-state index contributed by atoms with van der Waals surface area (Å²) in [6.45, 7) is 2.38. The largest absolute Gasteiger partial charge is 0.316 e. The lowest BCUT2D eigenvalue weighted by Gasteiger charge is -2.22. The van der Waals surface area contributed by atoms with Crippen LogP contribution in [0.1, 0.15) is 18.4 Å². The highest BCUT2D eigenvalue weighted by Gasteiger charge is 2.13. The zero-order chi connectivity index (χ0) is 11.4. The lowest BCUT2D eigenvalue weighted by atomic mass is 9.92. The molecule has 0 aliphatic carbocycles. The normalized spacial score (nSPS) is 21.0. The van der Waals surface area contributed by atoms with Crippen LogP contribution in [-0.2, 0) is 6.42 Å². The van der Waals surface area contributed by atoms with Gasteiger partial charge < -0.3 is 5.32 Å². The van der Waals surface area contributed by atoms with Gasteiger partial charge in [0.05, 0.1) is 0 Å². The van der Waals surface area contributed by atoms with Gasteiger partial charge >= 0.3 is 0 Å². The van der Waals surface area contributed by atoms with Crippen LogP contribution in [0, 0.1) is 5.92 Å². The number of hydrogen-bond acceptors (Lipinski definition) is 2. The lowest BCUT2D eigenvalue weighted by Crippen LogP contribution is -2.30. The van der Waals surface area contributed by atoms with Crippen LogP contribution in [0.2, 0.25) is 0 Å². The molecule has 1 aromatic carbocycles. The molecule has 88 valence electrons. The van der Waals surface area contributed by atoms with Gasteiger partial charge in [0.1, 0.15) is 0 Å². The van der Waals surface area contributed by atoms with E-state index in [9.17, 15) is 0 Å². The molecule has 3 heteroatoms. The van der Waals surface area contributed by atoms with E-state index in [-0.39, 0.29) is 0 Å². The van der Waals surface area contributed by atoms with Gasteiger partial charge in [-0.1, -0.05) is 15.9 Å². The summed E-state index contributed by atoms with van der Waals surface area (Å²) in [6, 6.07) is 6.77. The molecule has 1 heterocycles. The minimum Gasteiger partial charge on any atom is -0.316 e. The van der Waals surface area contributed by atoms with Crippen molar-refractivity contribution in [2.75, 3.05) is 19.3 Å². The molecule has 0 aromatic heterocycles. The number of thioether (sulfide) groups is 1. The van der Waals surface area contributed by atoms with Gasteiger partial charge in [0.15, 0.2) is 0 Å². The second-order valence-corrected chi connectivity index (χ2v) is 6.21. The zero-order valence-electron chi connectivity index (χ0n) is 9.63. The van der Waals surface area contributed by atoms with Gasteiger partial charge in [-0.3, -0.25) is 0 Å². The first kappa shape index (κ1) is 12.5. The van der Waals surface area contributed by atoms with Gasteiger partial charge in [-0.15, -0.1) is 11.8 Å². The van der Waals surface area contributed by atoms with E-state index in [2.05, 4.69) is 45.7 Å². The van der Waals surface area contributed by atoms with Gasteiger partial charge in [-0.2, -0.15) is 0 Å². The van der Waals surface area contributed by atoms with Crippen LogP contribution >= 0.6 is 27.7 Å². The van der Waals surface area contributed by atoms with Crippen LogP contribution in [0.15, 0.2) is 27.6 Å². The van der Waals surface area contributed by atoms with Crippen molar-refractivity contribution < 1.29 is 0 Å². The van der Waals surface area contributed by atoms with E-state index in [1.54, 1.807) is 0 Å². The highest BCUT2D eigenvalue weighted by molar-refractivity contribution is 9.10. The predicted molar refractivity (Wildman–Crippen MR) is 75.2 cm³/mol. The van der Waals surface area contributed by atoms with Gasteiger partial charge in [-0.25, -0.2) is 0 Å². The molecule has 2 rings (SSSR count). The van der Waals surface area contributed by atoms with Crippen LogP contribution in [0.3, 0.4) is 0 Å². The molecule has 1 aliphatic rings. The number of benzene rings is 1. The number of hydrogen-bond donors (Lipinski definition) is 1. The molecular weight excluding hydrogens is 282 g/mol. The Kier molecular flexibility index (Phi) is 4.74. The van der Waals surface area contributed by atoms with Crippen LogP contribution < -0.4 is 5.32 Å². The fourth-order valence-corrected chi connectivity index (χ4v) is 3.49. The zero-order valence-corrected chi connectivity index (χ0v) is 12.0. The predicted octanol–water partition coefficient (Wildman–Crippen LogP) is 3.71.